The van der Waals surface area contributed by atoms with Gasteiger partial charge in [-0.15, -0.1) is 0 Å². The number of halogens is 1. The molecule has 3 aliphatic rings. The van der Waals surface area contributed by atoms with Crippen LogP contribution in [0.5, 0.6) is 0 Å². The summed E-state index contributed by atoms with van der Waals surface area (Å²) in [6.45, 7) is 4.09. The maximum absolute atomic E-state index is 14.2. The molecule has 3 heterocycles. The normalized spacial score (nSPS) is 19.2. The minimum atomic E-state index is -0.877. The van der Waals surface area contributed by atoms with Gasteiger partial charge in [0.25, 0.3) is 5.91 Å². The number of benzene rings is 3. The van der Waals surface area contributed by atoms with E-state index in [1.165, 1.54) is 5.56 Å². The Morgan fingerprint density at radius 2 is 1.65 bits per heavy atom. The molecular formula is C37H43ClN6O4. The number of likely N-dealkylation sites (tertiary alicyclic amines) is 1. The predicted molar refractivity (Wildman–Crippen MR) is 185 cm³/mol. The molecule has 0 bridgehead atoms. The summed E-state index contributed by atoms with van der Waals surface area (Å²) in [6, 6.07) is 23.9. The average Bonchev–Trinajstić information content (AvgIpc) is 3.37. The summed E-state index contributed by atoms with van der Waals surface area (Å²) < 4.78 is 0. The highest BCUT2D eigenvalue weighted by Gasteiger charge is 2.54. The first-order valence-electron chi connectivity index (χ1n) is 16.8. The Labute approximate surface area is 286 Å². The number of nitrogens with one attached hydrogen (secondary N) is 3. The van der Waals surface area contributed by atoms with Gasteiger partial charge in [0.2, 0.25) is 17.7 Å². The number of piperidine rings is 1. The molecule has 48 heavy (non-hydrogen) atoms. The SMILES string of the molecule is CCCNC(=O)CN1CN(c2ccccc2)C2(CCN(C(=O)[C@@H](Cc3ccc(Cl)cc3)NC(=O)[C@H]3Cc4ccccc4CN3)CC2)C1=O. The minimum absolute atomic E-state index is 0.0125. The molecule has 252 valence electrons. The van der Waals surface area contributed by atoms with Gasteiger partial charge in [-0.25, -0.2) is 0 Å². The Morgan fingerprint density at radius 1 is 0.958 bits per heavy atom. The molecule has 3 aliphatic heterocycles. The van der Waals surface area contributed by atoms with E-state index >= 15 is 0 Å². The lowest BCUT2D eigenvalue weighted by molar-refractivity contribution is -0.141. The summed E-state index contributed by atoms with van der Waals surface area (Å²) in [4.78, 5) is 60.1. The molecule has 0 unspecified atom stereocenters. The number of amides is 4. The lowest BCUT2D eigenvalue weighted by Gasteiger charge is -2.44. The lowest BCUT2D eigenvalue weighted by atomic mass is 9.85. The number of para-hydroxylation sites is 1. The standard InChI is InChI=1S/C37H43ClN6O4/c1-2-18-39-33(45)24-43-25-44(30-10-4-3-5-11-30)37(36(43)48)16-19-42(20-17-37)35(47)32(21-26-12-14-29(38)15-13-26)41-34(46)31-22-27-8-6-7-9-28(27)23-40-31/h3-15,31-32,40H,2,16-25H2,1H3,(H,39,45)(H,41,46)/t31-,32-/m1/s1. The van der Waals surface area contributed by atoms with Crippen molar-refractivity contribution >= 4 is 40.9 Å². The van der Waals surface area contributed by atoms with Crippen LogP contribution in [0.25, 0.3) is 0 Å². The van der Waals surface area contributed by atoms with Gasteiger partial charge in [-0.3, -0.25) is 19.2 Å². The fraction of sp³-hybridized carbons (Fsp3) is 0.405. The van der Waals surface area contributed by atoms with Gasteiger partial charge < -0.3 is 30.7 Å². The molecule has 11 heteroatoms. The van der Waals surface area contributed by atoms with Crippen LogP contribution in [-0.2, 0) is 38.6 Å². The van der Waals surface area contributed by atoms with Crippen LogP contribution in [0.4, 0.5) is 5.69 Å². The fourth-order valence-corrected chi connectivity index (χ4v) is 7.23. The van der Waals surface area contributed by atoms with Crippen molar-refractivity contribution in [3.63, 3.8) is 0 Å². The monoisotopic (exact) mass is 670 g/mol. The van der Waals surface area contributed by atoms with Crippen LogP contribution < -0.4 is 20.9 Å². The highest BCUT2D eigenvalue weighted by atomic mass is 35.5. The van der Waals surface area contributed by atoms with Crippen LogP contribution in [0.15, 0.2) is 78.9 Å². The van der Waals surface area contributed by atoms with Gasteiger partial charge in [-0.2, -0.15) is 0 Å². The number of carbonyl (C=O) groups is 4. The van der Waals surface area contributed by atoms with Crippen molar-refractivity contribution < 1.29 is 19.2 Å². The molecule has 0 aromatic heterocycles. The summed E-state index contributed by atoms with van der Waals surface area (Å²) in [6.07, 6.45) is 2.47. The van der Waals surface area contributed by atoms with Gasteiger partial charge in [0.1, 0.15) is 18.1 Å². The summed E-state index contributed by atoms with van der Waals surface area (Å²) >= 11 is 6.14. The first-order valence-corrected chi connectivity index (χ1v) is 17.2. The van der Waals surface area contributed by atoms with Gasteiger partial charge in [0.05, 0.1) is 12.7 Å². The summed E-state index contributed by atoms with van der Waals surface area (Å²) in [7, 11) is 0. The van der Waals surface area contributed by atoms with E-state index < -0.39 is 17.6 Å². The Morgan fingerprint density at radius 3 is 2.35 bits per heavy atom. The predicted octanol–water partition coefficient (Wildman–Crippen LogP) is 3.28. The van der Waals surface area contributed by atoms with E-state index in [9.17, 15) is 19.2 Å². The quantitative estimate of drug-likeness (QED) is 0.305. The van der Waals surface area contributed by atoms with Crippen molar-refractivity contribution in [1.82, 2.24) is 25.8 Å². The maximum atomic E-state index is 14.2. The smallest absolute Gasteiger partial charge is 0.250 e. The van der Waals surface area contributed by atoms with Gasteiger partial charge >= 0.3 is 0 Å². The Hall–Kier alpha value is -4.41. The third kappa shape index (κ3) is 7.19. The second-order valence-electron chi connectivity index (χ2n) is 12.9. The molecule has 2 fully saturated rings. The van der Waals surface area contributed by atoms with Crippen molar-refractivity contribution in [3.05, 3.63) is 101 Å². The zero-order valence-corrected chi connectivity index (χ0v) is 28.0. The molecule has 3 aromatic carbocycles. The van der Waals surface area contributed by atoms with Gasteiger partial charge in [-0.05, 0) is 66.6 Å². The van der Waals surface area contributed by atoms with Crippen molar-refractivity contribution in [1.29, 1.82) is 0 Å². The van der Waals surface area contributed by atoms with E-state index in [2.05, 4.69) is 26.9 Å². The first-order chi connectivity index (χ1) is 23.3. The van der Waals surface area contributed by atoms with Crippen molar-refractivity contribution in [3.8, 4) is 0 Å². The molecule has 3 aromatic rings. The van der Waals surface area contributed by atoms with Crippen LogP contribution >= 0.6 is 11.6 Å². The van der Waals surface area contributed by atoms with Crippen LogP contribution in [0.2, 0.25) is 5.02 Å². The Kier molecular flexibility index (Phi) is 10.3. The van der Waals surface area contributed by atoms with Gasteiger partial charge in [0.15, 0.2) is 0 Å². The van der Waals surface area contributed by atoms with Crippen LogP contribution in [0.1, 0.15) is 42.9 Å². The molecule has 2 saturated heterocycles. The van der Waals surface area contributed by atoms with E-state index in [1.807, 2.05) is 67.6 Å². The third-order valence-corrected chi connectivity index (χ3v) is 10.0. The summed E-state index contributed by atoms with van der Waals surface area (Å²) in [5.41, 5.74) is 3.20. The Bertz CT molecular complexity index is 1630. The number of rotatable bonds is 10. The van der Waals surface area contributed by atoms with Gasteiger partial charge in [0, 0.05) is 43.3 Å². The number of hydrogen-bond acceptors (Lipinski definition) is 6. The molecule has 4 amide bonds. The lowest BCUT2D eigenvalue weighted by Crippen LogP contribution is -2.60. The summed E-state index contributed by atoms with van der Waals surface area (Å²) in [5, 5.41) is 9.87. The molecule has 10 nitrogen and oxygen atoms in total. The molecule has 3 N–H and O–H groups in total. The largest absolute Gasteiger partial charge is 0.355 e. The van der Waals surface area contributed by atoms with Crippen LogP contribution in [0.3, 0.4) is 0 Å². The topological polar surface area (TPSA) is 114 Å². The maximum Gasteiger partial charge on any atom is 0.250 e. The molecule has 2 atom stereocenters. The van der Waals surface area contributed by atoms with E-state index in [0.29, 0.717) is 63.6 Å². The first kappa shape index (κ1) is 33.5. The number of fused-ring (bicyclic) bond motifs is 1. The van der Waals surface area contributed by atoms with E-state index in [-0.39, 0.29) is 30.2 Å². The second kappa shape index (κ2) is 14.8. The number of anilines is 1. The van der Waals surface area contributed by atoms with E-state index in [1.54, 1.807) is 21.9 Å². The minimum Gasteiger partial charge on any atom is -0.355 e. The molecule has 6 rings (SSSR count). The third-order valence-electron chi connectivity index (χ3n) is 9.76. The van der Waals surface area contributed by atoms with Crippen LogP contribution in [-0.4, -0.2) is 83.9 Å². The number of nitrogens with zero attached hydrogens (tertiary/aromatic N) is 3. The highest BCUT2D eigenvalue weighted by molar-refractivity contribution is 6.30. The van der Waals surface area contributed by atoms with E-state index in [4.69, 9.17) is 11.6 Å². The van der Waals surface area contributed by atoms with Crippen molar-refractivity contribution in [2.75, 3.05) is 37.7 Å². The zero-order valence-electron chi connectivity index (χ0n) is 27.3. The fourth-order valence-electron chi connectivity index (χ4n) is 7.10. The Balaban J connectivity index is 1.18. The second-order valence-corrected chi connectivity index (χ2v) is 13.3. The molecule has 1 spiro atoms. The average molecular weight is 671 g/mol. The summed E-state index contributed by atoms with van der Waals surface area (Å²) in [5.74, 6) is -0.681. The van der Waals surface area contributed by atoms with Crippen molar-refractivity contribution in [2.45, 2.75) is 63.2 Å². The zero-order chi connectivity index (χ0) is 33.7. The number of carbonyl (C=O) groups excluding carboxylic acids is 4. The molecule has 0 radical (unpaired) electrons. The highest BCUT2D eigenvalue weighted by Crippen LogP contribution is 2.39. The number of hydrogen-bond donors (Lipinski definition) is 3. The molecule has 0 saturated carbocycles. The molecular weight excluding hydrogens is 628 g/mol. The van der Waals surface area contributed by atoms with Crippen LogP contribution in [0, 0.1) is 0 Å². The van der Waals surface area contributed by atoms with E-state index in [0.717, 1.165) is 23.2 Å². The molecule has 0 aliphatic carbocycles. The van der Waals surface area contributed by atoms with Gasteiger partial charge in [-0.1, -0.05) is 73.1 Å². The van der Waals surface area contributed by atoms with Crippen molar-refractivity contribution in [2.24, 2.45) is 0 Å².